The average molecular weight is 244 g/mol. The molecule has 80 valence electrons. The standard InChI is InChI=1S/C6H18F2O2Si3/c1-11(2,7)9-13(5,6)10-12(3,4)8/h1-6H3. The summed E-state index contributed by atoms with van der Waals surface area (Å²) >= 11 is 0. The van der Waals surface area contributed by atoms with Gasteiger partial charge in [0.05, 0.1) is 0 Å². The van der Waals surface area contributed by atoms with E-state index in [4.69, 9.17) is 8.23 Å². The van der Waals surface area contributed by atoms with Crippen molar-refractivity contribution in [2.45, 2.75) is 39.3 Å². The van der Waals surface area contributed by atoms with Crippen LogP contribution < -0.4 is 0 Å². The molecule has 0 bridgehead atoms. The van der Waals surface area contributed by atoms with Crippen molar-refractivity contribution in [3.8, 4) is 0 Å². The van der Waals surface area contributed by atoms with E-state index in [0.717, 1.165) is 0 Å². The molecule has 0 aliphatic carbocycles. The van der Waals surface area contributed by atoms with Crippen molar-refractivity contribution >= 4 is 25.9 Å². The Hall–Kier alpha value is 0.431. The van der Waals surface area contributed by atoms with Gasteiger partial charge in [0.15, 0.2) is 0 Å². The highest BCUT2D eigenvalue weighted by Gasteiger charge is 2.40. The van der Waals surface area contributed by atoms with E-state index in [-0.39, 0.29) is 0 Å². The van der Waals surface area contributed by atoms with Crippen LogP contribution in [0.25, 0.3) is 0 Å². The Balaban J connectivity index is 4.25. The van der Waals surface area contributed by atoms with Crippen LogP contribution in [0.15, 0.2) is 0 Å². The zero-order chi connectivity index (χ0) is 10.9. The van der Waals surface area contributed by atoms with E-state index in [2.05, 4.69) is 0 Å². The number of hydrogen-bond acceptors (Lipinski definition) is 2. The Kier molecular flexibility index (Phi) is 4.02. The fourth-order valence-corrected chi connectivity index (χ4v) is 11.1. The molecule has 0 aromatic rings. The molecule has 0 atom stereocenters. The summed E-state index contributed by atoms with van der Waals surface area (Å²) < 4.78 is 36.8. The van der Waals surface area contributed by atoms with Crippen molar-refractivity contribution in [1.82, 2.24) is 0 Å². The highest BCUT2D eigenvalue weighted by molar-refractivity contribution is 6.84. The van der Waals surface area contributed by atoms with Crippen LogP contribution in [0.3, 0.4) is 0 Å². The predicted octanol–water partition coefficient (Wildman–Crippen LogP) is 3.06. The maximum atomic E-state index is 13.2. The van der Waals surface area contributed by atoms with Gasteiger partial charge in [-0.05, 0) is 39.3 Å². The first-order chi connectivity index (χ1) is 5.41. The molecule has 0 aliphatic rings. The Morgan fingerprint density at radius 1 is 0.692 bits per heavy atom. The van der Waals surface area contributed by atoms with Gasteiger partial charge in [-0.3, -0.25) is 8.22 Å². The minimum atomic E-state index is -3.10. The van der Waals surface area contributed by atoms with E-state index in [1.54, 1.807) is 13.1 Å². The molecule has 0 spiro atoms. The number of rotatable bonds is 4. The van der Waals surface area contributed by atoms with Gasteiger partial charge >= 0.3 is 25.9 Å². The van der Waals surface area contributed by atoms with Gasteiger partial charge in [-0.25, -0.2) is 0 Å². The van der Waals surface area contributed by atoms with E-state index >= 15 is 0 Å². The zero-order valence-electron chi connectivity index (χ0n) is 9.07. The molecule has 0 heterocycles. The SMILES string of the molecule is C[Si](C)(F)O[Si](C)(C)O[Si](C)(C)F. The fraction of sp³-hybridized carbons (Fsp3) is 1.00. The van der Waals surface area contributed by atoms with Gasteiger partial charge in [-0.15, -0.1) is 0 Å². The third-order valence-corrected chi connectivity index (χ3v) is 8.79. The average Bonchev–Trinajstić information content (AvgIpc) is 1.43. The minimum Gasteiger partial charge on any atom is -0.412 e. The van der Waals surface area contributed by atoms with Crippen molar-refractivity contribution in [2.24, 2.45) is 0 Å². The molecule has 0 saturated heterocycles. The van der Waals surface area contributed by atoms with Crippen LogP contribution in [0, 0.1) is 0 Å². The molecule has 0 radical (unpaired) electrons. The van der Waals surface area contributed by atoms with Crippen LogP contribution in [0.1, 0.15) is 0 Å². The number of hydrogen-bond donors (Lipinski definition) is 0. The van der Waals surface area contributed by atoms with Gasteiger partial charge in [0.2, 0.25) is 0 Å². The van der Waals surface area contributed by atoms with Gasteiger partial charge in [0, 0.05) is 0 Å². The van der Waals surface area contributed by atoms with Crippen molar-refractivity contribution in [3.05, 3.63) is 0 Å². The molecule has 0 N–H and O–H groups in total. The van der Waals surface area contributed by atoms with Crippen molar-refractivity contribution in [3.63, 3.8) is 0 Å². The lowest BCUT2D eigenvalue weighted by Gasteiger charge is -2.31. The predicted molar refractivity (Wildman–Crippen MR) is 56.8 cm³/mol. The van der Waals surface area contributed by atoms with Crippen LogP contribution >= 0.6 is 0 Å². The smallest absolute Gasteiger partial charge is 0.369 e. The summed E-state index contributed by atoms with van der Waals surface area (Å²) in [6.07, 6.45) is 0. The molecule has 2 nitrogen and oxygen atoms in total. The molecule has 0 aromatic heterocycles. The summed E-state index contributed by atoms with van der Waals surface area (Å²) in [5.41, 5.74) is 0. The summed E-state index contributed by atoms with van der Waals surface area (Å²) in [7, 11) is -8.80. The molecular formula is C6H18F2O2Si3. The lowest BCUT2D eigenvalue weighted by molar-refractivity contribution is 0.343. The van der Waals surface area contributed by atoms with Crippen LogP contribution in [-0.4, -0.2) is 25.9 Å². The number of halogens is 2. The van der Waals surface area contributed by atoms with Crippen LogP contribution in [-0.2, 0) is 8.23 Å². The molecule has 0 saturated carbocycles. The van der Waals surface area contributed by atoms with Crippen LogP contribution in [0.2, 0.25) is 39.3 Å². The van der Waals surface area contributed by atoms with Crippen molar-refractivity contribution < 1.29 is 16.4 Å². The molecule has 0 aliphatic heterocycles. The van der Waals surface area contributed by atoms with Gasteiger partial charge in [0.25, 0.3) is 0 Å². The molecule has 0 amide bonds. The summed E-state index contributed by atoms with van der Waals surface area (Å²) in [5, 5.41) is 0. The van der Waals surface area contributed by atoms with Gasteiger partial charge in [-0.1, -0.05) is 0 Å². The van der Waals surface area contributed by atoms with E-state index in [9.17, 15) is 8.22 Å². The highest BCUT2D eigenvalue weighted by atomic mass is 28.5. The fourth-order valence-electron chi connectivity index (χ4n) is 1.19. The second-order valence-electron chi connectivity index (χ2n) is 4.33. The molecular weight excluding hydrogens is 226 g/mol. The monoisotopic (exact) mass is 244 g/mol. The third-order valence-electron chi connectivity index (χ3n) is 0.977. The molecule has 13 heavy (non-hydrogen) atoms. The summed E-state index contributed by atoms with van der Waals surface area (Å²) in [5.74, 6) is 0. The van der Waals surface area contributed by atoms with E-state index in [0.29, 0.717) is 0 Å². The lowest BCUT2D eigenvalue weighted by atomic mass is 11.9. The Morgan fingerprint density at radius 3 is 1.08 bits per heavy atom. The Labute approximate surface area is 82.1 Å². The van der Waals surface area contributed by atoms with Crippen molar-refractivity contribution in [2.75, 3.05) is 0 Å². The van der Waals surface area contributed by atoms with E-state index in [1.165, 1.54) is 26.2 Å². The Bertz CT molecular complexity index is 156. The molecule has 0 fully saturated rings. The molecule has 0 unspecified atom stereocenters. The quantitative estimate of drug-likeness (QED) is 0.559. The van der Waals surface area contributed by atoms with Crippen LogP contribution in [0.4, 0.5) is 8.22 Å². The van der Waals surface area contributed by atoms with Gasteiger partial charge in [-0.2, -0.15) is 0 Å². The van der Waals surface area contributed by atoms with Gasteiger partial charge in [0.1, 0.15) is 0 Å². The van der Waals surface area contributed by atoms with Crippen LogP contribution in [0.5, 0.6) is 0 Å². The first-order valence-corrected chi connectivity index (χ1v) is 12.6. The lowest BCUT2D eigenvalue weighted by Crippen LogP contribution is -2.49. The maximum absolute atomic E-state index is 13.2. The van der Waals surface area contributed by atoms with Gasteiger partial charge < -0.3 is 8.23 Å². The van der Waals surface area contributed by atoms with E-state index < -0.39 is 25.9 Å². The Morgan fingerprint density at radius 2 is 0.923 bits per heavy atom. The molecule has 0 aromatic carbocycles. The summed E-state index contributed by atoms with van der Waals surface area (Å²) in [4.78, 5) is 0. The third kappa shape index (κ3) is 8.75. The highest BCUT2D eigenvalue weighted by Crippen LogP contribution is 2.21. The first-order valence-electron chi connectivity index (χ1n) is 4.19. The first kappa shape index (κ1) is 13.4. The van der Waals surface area contributed by atoms with Crippen molar-refractivity contribution in [1.29, 1.82) is 0 Å². The summed E-state index contributed by atoms with van der Waals surface area (Å²) in [6.45, 7) is 9.07. The molecule has 0 rings (SSSR count). The molecule has 7 heteroatoms. The zero-order valence-corrected chi connectivity index (χ0v) is 12.1. The second kappa shape index (κ2) is 3.89. The minimum absolute atomic E-state index is 1.43. The summed E-state index contributed by atoms with van der Waals surface area (Å²) in [6, 6.07) is 0. The largest absolute Gasteiger partial charge is 0.412 e. The topological polar surface area (TPSA) is 18.5 Å². The maximum Gasteiger partial charge on any atom is 0.369 e. The van der Waals surface area contributed by atoms with E-state index in [1.807, 2.05) is 0 Å². The normalized spacial score (nSPS) is 14.8. The second-order valence-corrected chi connectivity index (χ2v) is 14.2.